The largest absolute Gasteiger partial charge is 0.338 e. The highest BCUT2D eigenvalue weighted by Crippen LogP contribution is 2.18. The van der Waals surface area contributed by atoms with Gasteiger partial charge in [0.15, 0.2) is 5.82 Å². The van der Waals surface area contributed by atoms with Crippen LogP contribution in [0.5, 0.6) is 0 Å². The highest BCUT2D eigenvalue weighted by atomic mass is 16.1. The second kappa shape index (κ2) is 4.41. The minimum Gasteiger partial charge on any atom is -0.338 e. The lowest BCUT2D eigenvalue weighted by Crippen LogP contribution is -2.13. The molecule has 0 aliphatic carbocycles. The Morgan fingerprint density at radius 3 is 2.90 bits per heavy atom. The quantitative estimate of drug-likeness (QED) is 0.581. The second-order valence-corrected chi connectivity index (χ2v) is 4.54. The lowest BCUT2D eigenvalue weighted by molar-refractivity contribution is 0.893. The van der Waals surface area contributed by atoms with Gasteiger partial charge in [-0.15, -0.1) is 0 Å². The number of hydrogen-bond donors (Lipinski definition) is 2. The number of para-hydroxylation sites is 2. The highest BCUT2D eigenvalue weighted by Gasteiger charge is 2.11. The summed E-state index contributed by atoms with van der Waals surface area (Å²) in [5, 5.41) is 6.49. The average molecular weight is 278 g/mol. The molecule has 21 heavy (non-hydrogen) atoms. The minimum atomic E-state index is -0.294. The summed E-state index contributed by atoms with van der Waals surface area (Å²) in [6.45, 7) is 0. The highest BCUT2D eigenvalue weighted by molar-refractivity contribution is 5.79. The van der Waals surface area contributed by atoms with Gasteiger partial charge in [0.1, 0.15) is 12.2 Å². The van der Waals surface area contributed by atoms with Gasteiger partial charge < -0.3 is 4.98 Å². The van der Waals surface area contributed by atoms with Crippen molar-refractivity contribution in [2.24, 2.45) is 0 Å². The number of nitrogens with zero attached hydrogens (tertiary/aromatic N) is 4. The van der Waals surface area contributed by atoms with Crippen LogP contribution in [0.1, 0.15) is 0 Å². The molecule has 0 saturated heterocycles. The molecule has 0 aliphatic rings. The fourth-order valence-electron chi connectivity index (χ4n) is 2.18. The molecule has 0 amide bonds. The number of aromatic nitrogens is 6. The van der Waals surface area contributed by atoms with Gasteiger partial charge in [-0.2, -0.15) is 5.10 Å². The Morgan fingerprint density at radius 1 is 1.19 bits per heavy atom. The van der Waals surface area contributed by atoms with Gasteiger partial charge in [-0.25, -0.2) is 15.1 Å². The van der Waals surface area contributed by atoms with Crippen LogP contribution < -0.4 is 5.56 Å². The van der Waals surface area contributed by atoms with Gasteiger partial charge in [-0.3, -0.25) is 9.36 Å². The maximum atomic E-state index is 12.0. The van der Waals surface area contributed by atoms with Crippen molar-refractivity contribution in [3.63, 3.8) is 0 Å². The summed E-state index contributed by atoms with van der Waals surface area (Å²) < 4.78 is 1.71. The zero-order chi connectivity index (χ0) is 14.2. The van der Waals surface area contributed by atoms with E-state index in [9.17, 15) is 4.79 Å². The third kappa shape index (κ3) is 1.91. The number of nitrogens with one attached hydrogen (secondary N) is 2. The summed E-state index contributed by atoms with van der Waals surface area (Å²) >= 11 is 0. The molecular formula is C14H10N6O. The van der Waals surface area contributed by atoms with Gasteiger partial charge in [0.05, 0.1) is 16.6 Å². The van der Waals surface area contributed by atoms with Crippen LogP contribution in [-0.2, 0) is 0 Å². The molecule has 0 fully saturated rings. The number of imidazole rings is 2. The number of hydrogen-bond acceptors (Lipinski definition) is 4. The van der Waals surface area contributed by atoms with Crippen molar-refractivity contribution in [3.8, 4) is 17.2 Å². The first-order valence-corrected chi connectivity index (χ1v) is 6.34. The Hall–Kier alpha value is -3.22. The van der Waals surface area contributed by atoms with Crippen LogP contribution in [0.2, 0.25) is 0 Å². The molecule has 4 rings (SSSR count). The van der Waals surface area contributed by atoms with Crippen molar-refractivity contribution in [2.45, 2.75) is 0 Å². The summed E-state index contributed by atoms with van der Waals surface area (Å²) in [6.07, 6.45) is 5.01. The van der Waals surface area contributed by atoms with Gasteiger partial charge in [0, 0.05) is 12.4 Å². The number of benzene rings is 1. The van der Waals surface area contributed by atoms with Crippen molar-refractivity contribution in [3.05, 3.63) is 59.4 Å². The van der Waals surface area contributed by atoms with Gasteiger partial charge in [-0.05, 0) is 18.2 Å². The molecule has 7 nitrogen and oxygen atoms in total. The number of aromatic amines is 2. The van der Waals surface area contributed by atoms with E-state index >= 15 is 0 Å². The van der Waals surface area contributed by atoms with Crippen LogP contribution in [-0.4, -0.2) is 29.7 Å². The molecule has 0 spiro atoms. The molecule has 0 bridgehead atoms. The second-order valence-electron chi connectivity index (χ2n) is 4.54. The van der Waals surface area contributed by atoms with Crippen LogP contribution in [0, 0.1) is 0 Å². The first-order chi connectivity index (χ1) is 10.3. The maximum Gasteiger partial charge on any atom is 0.275 e. The van der Waals surface area contributed by atoms with Crippen LogP contribution >= 0.6 is 0 Å². The minimum absolute atomic E-state index is 0.294. The fourth-order valence-corrected chi connectivity index (χ4v) is 2.18. The Labute approximate surface area is 118 Å². The zero-order valence-electron chi connectivity index (χ0n) is 10.8. The summed E-state index contributed by atoms with van der Waals surface area (Å²) in [5.74, 6) is 1.09. The molecular weight excluding hydrogens is 268 g/mol. The molecule has 2 N–H and O–H groups in total. The summed E-state index contributed by atoms with van der Waals surface area (Å²) in [4.78, 5) is 23.6. The number of H-pyrrole nitrogens is 2. The normalized spacial score (nSPS) is 11.0. The molecule has 7 heteroatoms. The topological polar surface area (TPSA) is 92.2 Å². The summed E-state index contributed by atoms with van der Waals surface area (Å²) in [5.41, 5.74) is 1.84. The van der Waals surface area contributed by atoms with Crippen molar-refractivity contribution < 1.29 is 0 Å². The molecule has 0 aliphatic heterocycles. The summed E-state index contributed by atoms with van der Waals surface area (Å²) in [6, 6.07) is 9.30. The van der Waals surface area contributed by atoms with Gasteiger partial charge in [-0.1, -0.05) is 12.1 Å². The standard InChI is InChI=1S/C14H10N6O/c21-14-9(7-12(18-19-14)20-6-5-15-8-20)13-16-10-3-1-2-4-11(10)17-13/h1-8H,(H,16,17)(H,19,21). The van der Waals surface area contributed by atoms with Crippen molar-refractivity contribution in [1.82, 2.24) is 29.7 Å². The Kier molecular flexibility index (Phi) is 2.43. The van der Waals surface area contributed by atoms with E-state index in [1.807, 2.05) is 24.3 Å². The first kappa shape index (κ1) is 11.6. The molecule has 0 radical (unpaired) electrons. The van der Waals surface area contributed by atoms with E-state index in [4.69, 9.17) is 0 Å². The molecule has 0 atom stereocenters. The molecule has 3 aromatic heterocycles. The Morgan fingerprint density at radius 2 is 2.10 bits per heavy atom. The van der Waals surface area contributed by atoms with E-state index in [1.54, 1.807) is 29.4 Å². The van der Waals surface area contributed by atoms with E-state index in [1.165, 1.54) is 0 Å². The molecule has 3 heterocycles. The predicted octanol–water partition coefficient (Wildman–Crippen LogP) is 1.50. The van der Waals surface area contributed by atoms with Gasteiger partial charge in [0.25, 0.3) is 5.56 Å². The fraction of sp³-hybridized carbons (Fsp3) is 0. The van der Waals surface area contributed by atoms with Crippen LogP contribution in [0.4, 0.5) is 0 Å². The van der Waals surface area contributed by atoms with Crippen molar-refractivity contribution in [1.29, 1.82) is 0 Å². The number of rotatable bonds is 2. The molecule has 102 valence electrons. The molecule has 0 saturated carbocycles. The molecule has 1 aromatic carbocycles. The van der Waals surface area contributed by atoms with E-state index in [2.05, 4.69) is 25.1 Å². The lowest BCUT2D eigenvalue weighted by atomic mass is 10.3. The average Bonchev–Trinajstić information content (AvgIpc) is 3.17. The lowest BCUT2D eigenvalue weighted by Gasteiger charge is -2.01. The third-order valence-corrected chi connectivity index (χ3v) is 3.20. The van der Waals surface area contributed by atoms with Crippen LogP contribution in [0.3, 0.4) is 0 Å². The van der Waals surface area contributed by atoms with Crippen molar-refractivity contribution in [2.75, 3.05) is 0 Å². The van der Waals surface area contributed by atoms with E-state index < -0.39 is 0 Å². The Balaban J connectivity index is 1.91. The zero-order valence-corrected chi connectivity index (χ0v) is 10.8. The third-order valence-electron chi connectivity index (χ3n) is 3.20. The van der Waals surface area contributed by atoms with E-state index in [-0.39, 0.29) is 5.56 Å². The van der Waals surface area contributed by atoms with E-state index in [0.717, 1.165) is 11.0 Å². The molecule has 0 unspecified atom stereocenters. The van der Waals surface area contributed by atoms with Crippen LogP contribution in [0.25, 0.3) is 28.2 Å². The van der Waals surface area contributed by atoms with E-state index in [0.29, 0.717) is 17.2 Å². The summed E-state index contributed by atoms with van der Waals surface area (Å²) in [7, 11) is 0. The predicted molar refractivity (Wildman–Crippen MR) is 77.1 cm³/mol. The van der Waals surface area contributed by atoms with Crippen LogP contribution in [0.15, 0.2) is 53.8 Å². The maximum absolute atomic E-state index is 12.0. The monoisotopic (exact) mass is 278 g/mol. The Bertz CT molecular complexity index is 933. The van der Waals surface area contributed by atoms with Gasteiger partial charge >= 0.3 is 0 Å². The molecule has 4 aromatic rings. The SMILES string of the molecule is O=c1[nH]nc(-n2ccnc2)cc1-c1nc2ccccc2[nH]1. The smallest absolute Gasteiger partial charge is 0.275 e. The van der Waals surface area contributed by atoms with Gasteiger partial charge in [0.2, 0.25) is 0 Å². The number of fused-ring (bicyclic) bond motifs is 1. The van der Waals surface area contributed by atoms with Crippen molar-refractivity contribution >= 4 is 11.0 Å². The first-order valence-electron chi connectivity index (χ1n) is 6.34.